The van der Waals surface area contributed by atoms with Gasteiger partial charge in [0.25, 0.3) is 5.91 Å². The van der Waals surface area contributed by atoms with E-state index in [1.54, 1.807) is 23.1 Å². The van der Waals surface area contributed by atoms with E-state index >= 15 is 0 Å². The van der Waals surface area contributed by atoms with Crippen molar-refractivity contribution in [2.45, 2.75) is 12.6 Å². The monoisotopic (exact) mass is 322 g/mol. The number of benzene rings is 2. The second-order valence-electron chi connectivity index (χ2n) is 6.15. The van der Waals surface area contributed by atoms with Crippen LogP contribution in [0, 0.1) is 0 Å². The lowest BCUT2D eigenvalue weighted by molar-refractivity contribution is 0.00193. The number of ether oxygens (including phenoxy) is 1. The van der Waals surface area contributed by atoms with E-state index in [1.165, 1.54) is 12.1 Å². The first-order chi connectivity index (χ1) is 11.6. The molecule has 24 heavy (non-hydrogen) atoms. The van der Waals surface area contributed by atoms with Gasteiger partial charge in [0.1, 0.15) is 17.2 Å². The molecular weight excluding hydrogens is 308 g/mol. The zero-order chi connectivity index (χ0) is 16.4. The lowest BCUT2D eigenvalue weighted by atomic mass is 9.99. The highest BCUT2D eigenvalue weighted by Crippen LogP contribution is 2.42. The van der Waals surface area contributed by atoms with Crippen LogP contribution in [0.25, 0.3) is 10.9 Å². The Bertz CT molecular complexity index is 1010. The molecule has 3 aromatic rings. The van der Waals surface area contributed by atoms with Gasteiger partial charge < -0.3 is 19.9 Å². The van der Waals surface area contributed by atoms with Gasteiger partial charge in [-0.2, -0.15) is 0 Å². The molecule has 0 aliphatic carbocycles. The van der Waals surface area contributed by atoms with Crippen molar-refractivity contribution in [3.63, 3.8) is 0 Å². The Kier molecular flexibility index (Phi) is 2.46. The van der Waals surface area contributed by atoms with Crippen LogP contribution in [-0.4, -0.2) is 32.5 Å². The number of phenols is 2. The molecule has 0 saturated heterocycles. The number of amides is 1. The molecule has 1 atom stereocenters. The smallest absolute Gasteiger partial charge is 0.260 e. The number of H-pyrrole nitrogens is 1. The van der Waals surface area contributed by atoms with Gasteiger partial charge in [-0.05, 0) is 48.4 Å². The van der Waals surface area contributed by atoms with Crippen molar-refractivity contribution in [1.29, 1.82) is 0 Å². The average Bonchev–Trinajstić information content (AvgIpc) is 2.94. The van der Waals surface area contributed by atoms with Gasteiger partial charge in [-0.3, -0.25) is 9.69 Å². The largest absolute Gasteiger partial charge is 0.508 e. The van der Waals surface area contributed by atoms with Gasteiger partial charge in [-0.15, -0.1) is 0 Å². The van der Waals surface area contributed by atoms with E-state index in [0.717, 1.165) is 22.2 Å². The third-order valence-corrected chi connectivity index (χ3v) is 4.75. The number of hydrogen-bond acceptors (Lipinski definition) is 4. The number of aromatic amines is 1. The zero-order valence-corrected chi connectivity index (χ0v) is 12.6. The van der Waals surface area contributed by atoms with Crippen LogP contribution >= 0.6 is 0 Å². The van der Waals surface area contributed by atoms with Crippen LogP contribution in [0.15, 0.2) is 36.4 Å². The molecule has 3 N–H and O–H groups in total. The molecule has 3 heterocycles. The number of fused-ring (bicyclic) bond motifs is 6. The van der Waals surface area contributed by atoms with E-state index in [1.807, 2.05) is 6.07 Å². The highest BCUT2D eigenvalue weighted by molar-refractivity contribution is 5.99. The SMILES string of the molecule is O=C1c2cc(O)ccc2OC2c3[nH]c4ccc(O)cc4c3CCN12. The van der Waals surface area contributed by atoms with Crippen LogP contribution in [0.4, 0.5) is 0 Å². The number of nitrogens with zero attached hydrogens (tertiary/aromatic N) is 1. The number of aromatic nitrogens is 1. The first-order valence-corrected chi connectivity index (χ1v) is 7.76. The number of carbonyl (C=O) groups is 1. The molecule has 0 spiro atoms. The fraction of sp³-hybridized carbons (Fsp3) is 0.167. The van der Waals surface area contributed by atoms with E-state index < -0.39 is 6.23 Å². The van der Waals surface area contributed by atoms with Crippen LogP contribution in [0.3, 0.4) is 0 Å². The second kappa shape index (κ2) is 4.44. The highest BCUT2D eigenvalue weighted by atomic mass is 16.5. The van der Waals surface area contributed by atoms with Crippen molar-refractivity contribution in [1.82, 2.24) is 9.88 Å². The summed E-state index contributed by atoms with van der Waals surface area (Å²) < 4.78 is 6.05. The average molecular weight is 322 g/mol. The maximum absolute atomic E-state index is 12.8. The lowest BCUT2D eigenvalue weighted by Gasteiger charge is -2.39. The van der Waals surface area contributed by atoms with E-state index in [0.29, 0.717) is 24.3 Å². The number of hydrogen-bond donors (Lipinski definition) is 3. The Morgan fingerprint density at radius 3 is 2.79 bits per heavy atom. The topological polar surface area (TPSA) is 85.8 Å². The molecule has 2 aliphatic heterocycles. The molecule has 6 heteroatoms. The van der Waals surface area contributed by atoms with Crippen molar-refractivity contribution in [2.24, 2.45) is 0 Å². The molecule has 1 aromatic heterocycles. The van der Waals surface area contributed by atoms with Gasteiger partial charge in [0.05, 0.1) is 11.3 Å². The van der Waals surface area contributed by atoms with Gasteiger partial charge in [0.2, 0.25) is 6.23 Å². The van der Waals surface area contributed by atoms with Crippen LogP contribution in [0.5, 0.6) is 17.2 Å². The third-order valence-electron chi connectivity index (χ3n) is 4.75. The van der Waals surface area contributed by atoms with Crippen molar-refractivity contribution in [3.05, 3.63) is 53.2 Å². The van der Waals surface area contributed by atoms with Gasteiger partial charge >= 0.3 is 0 Å². The molecule has 1 unspecified atom stereocenters. The molecule has 1 amide bonds. The van der Waals surface area contributed by atoms with E-state index in [9.17, 15) is 15.0 Å². The summed E-state index contributed by atoms with van der Waals surface area (Å²) in [5.74, 6) is 0.578. The van der Waals surface area contributed by atoms with Gasteiger partial charge in [0.15, 0.2) is 0 Å². The quantitative estimate of drug-likeness (QED) is 0.594. The second-order valence-corrected chi connectivity index (χ2v) is 6.15. The minimum atomic E-state index is -0.521. The Morgan fingerprint density at radius 1 is 1.12 bits per heavy atom. The molecule has 0 radical (unpaired) electrons. The molecule has 0 bridgehead atoms. The predicted octanol–water partition coefficient (Wildman–Crippen LogP) is 2.67. The van der Waals surface area contributed by atoms with Crippen LogP contribution in [-0.2, 0) is 6.42 Å². The number of carbonyl (C=O) groups excluding carboxylic acids is 1. The first kappa shape index (κ1) is 13.3. The Hall–Kier alpha value is -3.15. The maximum atomic E-state index is 12.8. The van der Waals surface area contributed by atoms with Crippen LogP contribution in [0.2, 0.25) is 0 Å². The Morgan fingerprint density at radius 2 is 1.92 bits per heavy atom. The summed E-state index contributed by atoms with van der Waals surface area (Å²) >= 11 is 0. The third kappa shape index (κ3) is 1.68. The standard InChI is InChI=1S/C18H14N2O4/c21-9-1-3-14-12(7-9)11-5-6-20-17(23)13-8-10(22)2-4-15(13)24-18(20)16(11)19-14/h1-4,7-8,18-19,21-22H,5-6H2. The normalized spacial score (nSPS) is 18.8. The summed E-state index contributed by atoms with van der Waals surface area (Å²) in [4.78, 5) is 17.8. The maximum Gasteiger partial charge on any atom is 0.260 e. The van der Waals surface area contributed by atoms with E-state index in [-0.39, 0.29) is 17.4 Å². The van der Waals surface area contributed by atoms with Crippen LogP contribution < -0.4 is 4.74 Å². The minimum Gasteiger partial charge on any atom is -0.508 e. The molecule has 0 saturated carbocycles. The Balaban J connectivity index is 1.68. The van der Waals surface area contributed by atoms with Crippen molar-refractivity contribution >= 4 is 16.8 Å². The van der Waals surface area contributed by atoms with Crippen molar-refractivity contribution < 1.29 is 19.7 Å². The van der Waals surface area contributed by atoms with Crippen molar-refractivity contribution in [3.8, 4) is 17.2 Å². The fourth-order valence-corrected chi connectivity index (χ4v) is 3.64. The van der Waals surface area contributed by atoms with E-state index in [2.05, 4.69) is 4.98 Å². The summed E-state index contributed by atoms with van der Waals surface area (Å²) in [6.45, 7) is 0.522. The fourth-order valence-electron chi connectivity index (χ4n) is 3.64. The highest BCUT2D eigenvalue weighted by Gasteiger charge is 2.40. The van der Waals surface area contributed by atoms with Gasteiger partial charge in [0, 0.05) is 17.4 Å². The molecular formula is C18H14N2O4. The summed E-state index contributed by atoms with van der Waals surface area (Å²) in [6.07, 6.45) is 0.159. The molecule has 120 valence electrons. The number of nitrogens with one attached hydrogen (secondary N) is 1. The molecule has 5 rings (SSSR count). The first-order valence-electron chi connectivity index (χ1n) is 7.76. The molecule has 6 nitrogen and oxygen atoms in total. The molecule has 2 aromatic carbocycles. The van der Waals surface area contributed by atoms with Crippen molar-refractivity contribution in [2.75, 3.05) is 6.54 Å². The summed E-state index contributed by atoms with van der Waals surface area (Å²) in [7, 11) is 0. The molecule has 2 aliphatic rings. The van der Waals surface area contributed by atoms with Gasteiger partial charge in [-0.25, -0.2) is 0 Å². The van der Waals surface area contributed by atoms with E-state index in [4.69, 9.17) is 4.74 Å². The zero-order valence-electron chi connectivity index (χ0n) is 12.6. The number of phenolic OH excluding ortho intramolecular Hbond substituents is 2. The summed E-state index contributed by atoms with van der Waals surface area (Å²) in [5.41, 5.74) is 3.20. The summed E-state index contributed by atoms with van der Waals surface area (Å²) in [5, 5.41) is 20.3. The predicted molar refractivity (Wildman–Crippen MR) is 86.2 cm³/mol. The minimum absolute atomic E-state index is 0.0444. The number of rotatable bonds is 0. The Labute approximate surface area is 136 Å². The lowest BCUT2D eigenvalue weighted by Crippen LogP contribution is -2.45. The number of aromatic hydroxyl groups is 2. The molecule has 0 fully saturated rings. The van der Waals surface area contributed by atoms with Gasteiger partial charge in [-0.1, -0.05) is 0 Å². The van der Waals surface area contributed by atoms with Crippen LogP contribution in [0.1, 0.15) is 27.8 Å². The summed E-state index contributed by atoms with van der Waals surface area (Å²) in [6, 6.07) is 9.75.